The predicted octanol–water partition coefficient (Wildman–Crippen LogP) is 3.08. The lowest BCUT2D eigenvalue weighted by molar-refractivity contribution is 0.100. The Balaban J connectivity index is 2.83. The molecule has 0 radical (unpaired) electrons. The molecule has 4 nitrogen and oxygen atoms in total. The van der Waals surface area contributed by atoms with Gasteiger partial charge in [-0.25, -0.2) is 0 Å². The molecule has 120 valence electrons. The van der Waals surface area contributed by atoms with Crippen LogP contribution in [0.4, 0.5) is 0 Å². The smallest absolute Gasteiger partial charge is 0.165 e. The van der Waals surface area contributed by atoms with Crippen molar-refractivity contribution in [3.05, 3.63) is 23.8 Å². The van der Waals surface area contributed by atoms with Crippen LogP contribution in [0, 0.1) is 0 Å². The largest absolute Gasteiger partial charge is 0.493 e. The van der Waals surface area contributed by atoms with E-state index in [0.29, 0.717) is 6.54 Å². The second kappa shape index (κ2) is 9.64. The first kappa shape index (κ1) is 17.8. The van der Waals surface area contributed by atoms with E-state index in [1.165, 1.54) is 0 Å². The molecule has 1 aromatic rings. The maximum atomic E-state index is 10.1. The highest BCUT2D eigenvalue weighted by Crippen LogP contribution is 2.31. The molecule has 1 N–H and O–H groups in total. The van der Waals surface area contributed by atoms with Crippen LogP contribution >= 0.6 is 0 Å². The van der Waals surface area contributed by atoms with Gasteiger partial charge >= 0.3 is 0 Å². The molecule has 0 saturated carbocycles. The lowest BCUT2D eigenvalue weighted by Crippen LogP contribution is -2.32. The lowest BCUT2D eigenvalue weighted by atomic mass is 10.1. The fourth-order valence-electron chi connectivity index (χ4n) is 2.59. The van der Waals surface area contributed by atoms with Gasteiger partial charge < -0.3 is 14.6 Å². The van der Waals surface area contributed by atoms with Crippen molar-refractivity contribution < 1.29 is 14.6 Å². The van der Waals surface area contributed by atoms with Gasteiger partial charge in [0.15, 0.2) is 11.5 Å². The molecule has 0 aliphatic carbocycles. The van der Waals surface area contributed by atoms with Gasteiger partial charge in [-0.05, 0) is 25.5 Å². The van der Waals surface area contributed by atoms with Crippen LogP contribution in [0.15, 0.2) is 18.2 Å². The van der Waals surface area contributed by atoms with Gasteiger partial charge in [0.2, 0.25) is 0 Å². The Morgan fingerprint density at radius 3 is 2.48 bits per heavy atom. The first-order chi connectivity index (χ1) is 10.2. The zero-order valence-electron chi connectivity index (χ0n) is 13.8. The van der Waals surface area contributed by atoms with Crippen LogP contribution in [0.1, 0.15) is 38.7 Å². The molecule has 0 amide bonds. The normalized spacial score (nSPS) is 12.5. The van der Waals surface area contributed by atoms with Crippen LogP contribution < -0.4 is 9.47 Å². The summed E-state index contributed by atoms with van der Waals surface area (Å²) in [6.45, 7) is 6.67. The molecule has 0 fully saturated rings. The van der Waals surface area contributed by atoms with E-state index in [9.17, 15) is 5.11 Å². The summed E-state index contributed by atoms with van der Waals surface area (Å²) in [5.41, 5.74) is 1.09. The summed E-state index contributed by atoms with van der Waals surface area (Å²) >= 11 is 0. The average Bonchev–Trinajstić information content (AvgIpc) is 2.47. The van der Waals surface area contributed by atoms with Crippen molar-refractivity contribution in [2.45, 2.75) is 45.8 Å². The number of rotatable bonds is 10. The van der Waals surface area contributed by atoms with Gasteiger partial charge in [-0.3, -0.25) is 4.90 Å². The van der Waals surface area contributed by atoms with E-state index < -0.39 is 0 Å². The Labute approximate surface area is 128 Å². The Bertz CT molecular complexity index is 409. The van der Waals surface area contributed by atoms with Crippen molar-refractivity contribution in [2.75, 3.05) is 27.3 Å². The number of methoxy groups -OCH3 is 2. The molecule has 0 unspecified atom stereocenters. The van der Waals surface area contributed by atoms with E-state index in [2.05, 4.69) is 24.8 Å². The van der Waals surface area contributed by atoms with E-state index in [1.54, 1.807) is 14.2 Å². The van der Waals surface area contributed by atoms with E-state index in [1.807, 2.05) is 12.1 Å². The van der Waals surface area contributed by atoms with Crippen molar-refractivity contribution in [1.82, 2.24) is 4.90 Å². The molecule has 0 heterocycles. The Hall–Kier alpha value is -1.26. The van der Waals surface area contributed by atoms with Gasteiger partial charge in [0, 0.05) is 18.7 Å². The van der Waals surface area contributed by atoms with E-state index >= 15 is 0 Å². The van der Waals surface area contributed by atoms with Crippen molar-refractivity contribution in [3.63, 3.8) is 0 Å². The maximum Gasteiger partial charge on any atom is 0.165 e. The molecule has 0 aliphatic heterocycles. The van der Waals surface area contributed by atoms with Gasteiger partial charge in [-0.2, -0.15) is 0 Å². The zero-order valence-corrected chi connectivity index (χ0v) is 13.8. The molecule has 0 bridgehead atoms. The van der Waals surface area contributed by atoms with Gasteiger partial charge in [-0.15, -0.1) is 0 Å². The molecule has 0 aliphatic rings. The number of aliphatic hydroxyl groups excluding tert-OH is 1. The number of hydrogen-bond acceptors (Lipinski definition) is 4. The highest BCUT2D eigenvalue weighted by Gasteiger charge is 2.15. The van der Waals surface area contributed by atoms with Crippen LogP contribution in [0.5, 0.6) is 11.5 Å². The van der Waals surface area contributed by atoms with E-state index in [0.717, 1.165) is 49.4 Å². The monoisotopic (exact) mass is 295 g/mol. The summed E-state index contributed by atoms with van der Waals surface area (Å²) in [6.07, 6.45) is 2.64. The molecule has 1 rings (SSSR count). The van der Waals surface area contributed by atoms with Crippen molar-refractivity contribution in [2.24, 2.45) is 0 Å². The van der Waals surface area contributed by atoms with Gasteiger partial charge in [0.05, 0.1) is 20.3 Å². The number of benzene rings is 1. The van der Waals surface area contributed by atoms with E-state index in [-0.39, 0.29) is 6.10 Å². The lowest BCUT2D eigenvalue weighted by Gasteiger charge is -2.25. The number of aliphatic hydroxyl groups is 1. The van der Waals surface area contributed by atoms with Gasteiger partial charge in [-0.1, -0.05) is 32.4 Å². The van der Waals surface area contributed by atoms with Crippen LogP contribution in [-0.2, 0) is 6.54 Å². The predicted molar refractivity (Wildman–Crippen MR) is 86.0 cm³/mol. The summed E-state index contributed by atoms with van der Waals surface area (Å²) in [6, 6.07) is 5.93. The highest BCUT2D eigenvalue weighted by atomic mass is 16.5. The van der Waals surface area contributed by atoms with Crippen LogP contribution in [-0.4, -0.2) is 43.4 Å². The van der Waals surface area contributed by atoms with Crippen LogP contribution in [0.2, 0.25) is 0 Å². The molecule has 0 aromatic heterocycles. The minimum absolute atomic E-state index is 0.266. The minimum atomic E-state index is -0.266. The first-order valence-corrected chi connectivity index (χ1v) is 7.76. The number of para-hydroxylation sites is 1. The van der Waals surface area contributed by atoms with Crippen LogP contribution in [0.25, 0.3) is 0 Å². The second-order valence-electron chi connectivity index (χ2n) is 5.33. The third-order valence-corrected chi connectivity index (χ3v) is 3.51. The van der Waals surface area contributed by atoms with E-state index in [4.69, 9.17) is 9.47 Å². The highest BCUT2D eigenvalue weighted by molar-refractivity contribution is 5.46. The number of ether oxygens (including phenoxy) is 2. The molecular formula is C17H29NO3. The van der Waals surface area contributed by atoms with Crippen molar-refractivity contribution in [1.29, 1.82) is 0 Å². The SMILES string of the molecule is CCC[C@@H](O)CN(CCC)Cc1cccc(OC)c1OC. The van der Waals surface area contributed by atoms with Gasteiger partial charge in [0.1, 0.15) is 0 Å². The Kier molecular flexibility index (Phi) is 8.16. The molecular weight excluding hydrogens is 266 g/mol. The van der Waals surface area contributed by atoms with Crippen molar-refractivity contribution >= 4 is 0 Å². The fraction of sp³-hybridized carbons (Fsp3) is 0.647. The molecule has 4 heteroatoms. The summed E-state index contributed by atoms with van der Waals surface area (Å²) in [7, 11) is 3.31. The fourth-order valence-corrected chi connectivity index (χ4v) is 2.59. The summed E-state index contributed by atoms with van der Waals surface area (Å²) in [5.74, 6) is 1.53. The third-order valence-electron chi connectivity index (χ3n) is 3.51. The summed E-state index contributed by atoms with van der Waals surface area (Å²) < 4.78 is 10.8. The molecule has 21 heavy (non-hydrogen) atoms. The first-order valence-electron chi connectivity index (χ1n) is 7.76. The Morgan fingerprint density at radius 1 is 1.14 bits per heavy atom. The molecule has 0 spiro atoms. The summed E-state index contributed by atoms with van der Waals surface area (Å²) in [4.78, 5) is 2.28. The van der Waals surface area contributed by atoms with Crippen LogP contribution in [0.3, 0.4) is 0 Å². The Morgan fingerprint density at radius 2 is 1.90 bits per heavy atom. The van der Waals surface area contributed by atoms with Crippen molar-refractivity contribution in [3.8, 4) is 11.5 Å². The number of nitrogens with zero attached hydrogens (tertiary/aromatic N) is 1. The maximum absolute atomic E-state index is 10.1. The third kappa shape index (κ3) is 5.56. The zero-order chi connectivity index (χ0) is 15.7. The second-order valence-corrected chi connectivity index (χ2v) is 5.33. The van der Waals surface area contributed by atoms with Gasteiger partial charge in [0.25, 0.3) is 0 Å². The summed E-state index contributed by atoms with van der Waals surface area (Å²) in [5, 5.41) is 10.1. The molecule has 1 atom stereocenters. The minimum Gasteiger partial charge on any atom is -0.493 e. The number of hydrogen-bond donors (Lipinski definition) is 1. The standard InChI is InChI=1S/C17H29NO3/c1-5-8-15(19)13-18(11-6-2)12-14-9-7-10-16(20-3)17(14)21-4/h7,9-10,15,19H,5-6,8,11-13H2,1-4H3/t15-/m1/s1. The quantitative estimate of drug-likeness (QED) is 0.720. The molecule has 0 saturated heterocycles. The average molecular weight is 295 g/mol. The molecule has 1 aromatic carbocycles. The topological polar surface area (TPSA) is 41.9 Å².